The first-order valence-electron chi connectivity index (χ1n) is 5.56. The number of aldehydes is 1. The van der Waals surface area contributed by atoms with Crippen LogP contribution in [0.5, 0.6) is 0 Å². The summed E-state index contributed by atoms with van der Waals surface area (Å²) >= 11 is 0. The Bertz CT molecular complexity index is 509. The van der Waals surface area contributed by atoms with Gasteiger partial charge in [-0.2, -0.15) is 0 Å². The highest BCUT2D eigenvalue weighted by Gasteiger charge is 2.30. The van der Waals surface area contributed by atoms with Crippen LogP contribution in [0.4, 0.5) is 0 Å². The minimum absolute atomic E-state index is 0.0321. The highest BCUT2D eigenvalue weighted by Crippen LogP contribution is 2.31. The van der Waals surface area contributed by atoms with Crippen molar-refractivity contribution in [3.8, 4) is 0 Å². The maximum Gasteiger partial charge on any atom is 0.171 e. The number of rotatable bonds is 3. The van der Waals surface area contributed by atoms with Crippen LogP contribution < -0.4 is 0 Å². The predicted octanol–water partition coefficient (Wildman–Crippen LogP) is 0.619. The van der Waals surface area contributed by atoms with E-state index in [2.05, 4.69) is 10.3 Å². The van der Waals surface area contributed by atoms with Gasteiger partial charge in [-0.15, -0.1) is 5.10 Å². The zero-order chi connectivity index (χ0) is 12.5. The number of carbonyl (C=O) groups is 1. The van der Waals surface area contributed by atoms with E-state index in [0.717, 1.165) is 12.8 Å². The summed E-state index contributed by atoms with van der Waals surface area (Å²) in [6, 6.07) is 0.0321. The second kappa shape index (κ2) is 4.56. The summed E-state index contributed by atoms with van der Waals surface area (Å²) in [5, 5.41) is 7.26. The summed E-state index contributed by atoms with van der Waals surface area (Å²) < 4.78 is 24.7. The molecule has 2 atom stereocenters. The molecule has 0 aliphatic heterocycles. The standard InChI is InChI=1S/C10H15N3O3S/c1-17(15,16)10-4-2-3-9(5-10)13-6-8(7-14)11-12-13/h6-7,9-10H,2-5H2,1H3. The first kappa shape index (κ1) is 12.2. The van der Waals surface area contributed by atoms with E-state index in [9.17, 15) is 13.2 Å². The number of nitrogens with zero attached hydrogens (tertiary/aromatic N) is 3. The van der Waals surface area contributed by atoms with E-state index in [1.54, 1.807) is 10.9 Å². The summed E-state index contributed by atoms with van der Waals surface area (Å²) in [5.41, 5.74) is 0.284. The van der Waals surface area contributed by atoms with Gasteiger partial charge in [0.05, 0.1) is 17.5 Å². The number of sulfone groups is 1. The molecule has 0 amide bonds. The smallest absolute Gasteiger partial charge is 0.171 e. The Labute approximate surface area is 99.9 Å². The zero-order valence-electron chi connectivity index (χ0n) is 9.61. The molecule has 1 aromatic heterocycles. The Kier molecular flexibility index (Phi) is 3.28. The highest BCUT2D eigenvalue weighted by molar-refractivity contribution is 7.91. The third kappa shape index (κ3) is 2.71. The van der Waals surface area contributed by atoms with Gasteiger partial charge in [-0.05, 0) is 19.3 Å². The van der Waals surface area contributed by atoms with Crippen LogP contribution in [0.3, 0.4) is 0 Å². The van der Waals surface area contributed by atoms with E-state index in [1.807, 2.05) is 0 Å². The molecule has 2 rings (SSSR count). The van der Waals surface area contributed by atoms with Gasteiger partial charge in [0.2, 0.25) is 0 Å². The first-order chi connectivity index (χ1) is 8.00. The lowest BCUT2D eigenvalue weighted by molar-refractivity contribution is 0.111. The Balaban J connectivity index is 2.14. The van der Waals surface area contributed by atoms with Crippen molar-refractivity contribution in [3.05, 3.63) is 11.9 Å². The minimum Gasteiger partial charge on any atom is -0.296 e. The molecule has 0 spiro atoms. The van der Waals surface area contributed by atoms with Gasteiger partial charge in [0, 0.05) is 6.26 Å². The topological polar surface area (TPSA) is 81.9 Å². The summed E-state index contributed by atoms with van der Waals surface area (Å²) in [4.78, 5) is 10.5. The largest absolute Gasteiger partial charge is 0.296 e. The molecule has 6 nitrogen and oxygen atoms in total. The second-order valence-electron chi connectivity index (χ2n) is 4.51. The number of carbonyl (C=O) groups excluding carboxylic acids is 1. The number of hydrogen-bond donors (Lipinski definition) is 0. The molecule has 1 aliphatic carbocycles. The molecule has 7 heteroatoms. The minimum atomic E-state index is -3.00. The molecule has 17 heavy (non-hydrogen) atoms. The average Bonchev–Trinajstić information content (AvgIpc) is 2.76. The Morgan fingerprint density at radius 2 is 2.24 bits per heavy atom. The van der Waals surface area contributed by atoms with Crippen LogP contribution in [0, 0.1) is 0 Å². The van der Waals surface area contributed by atoms with Gasteiger partial charge in [0.1, 0.15) is 15.5 Å². The van der Waals surface area contributed by atoms with E-state index in [0.29, 0.717) is 19.1 Å². The molecule has 0 aromatic carbocycles. The van der Waals surface area contributed by atoms with Gasteiger partial charge in [0.15, 0.2) is 6.29 Å². The molecule has 1 aromatic rings. The predicted molar refractivity (Wildman–Crippen MR) is 61.5 cm³/mol. The molecule has 1 saturated carbocycles. The lowest BCUT2D eigenvalue weighted by Gasteiger charge is -2.27. The van der Waals surface area contributed by atoms with E-state index >= 15 is 0 Å². The van der Waals surface area contributed by atoms with Gasteiger partial charge in [0.25, 0.3) is 0 Å². The molecular weight excluding hydrogens is 242 g/mol. The Morgan fingerprint density at radius 3 is 2.82 bits per heavy atom. The number of hydrogen-bond acceptors (Lipinski definition) is 5. The molecular formula is C10H15N3O3S. The van der Waals surface area contributed by atoms with Crippen molar-refractivity contribution >= 4 is 16.1 Å². The molecule has 2 unspecified atom stereocenters. The second-order valence-corrected chi connectivity index (χ2v) is 6.84. The Hall–Kier alpha value is -1.24. The molecule has 1 heterocycles. The maximum atomic E-state index is 11.5. The lowest BCUT2D eigenvalue weighted by Crippen LogP contribution is -2.29. The fourth-order valence-electron chi connectivity index (χ4n) is 2.27. The van der Waals surface area contributed by atoms with Crippen molar-refractivity contribution in [1.29, 1.82) is 0 Å². The van der Waals surface area contributed by atoms with E-state index < -0.39 is 9.84 Å². The molecule has 94 valence electrons. The van der Waals surface area contributed by atoms with E-state index in [-0.39, 0.29) is 17.0 Å². The molecule has 1 fully saturated rings. The fourth-order valence-corrected chi connectivity index (χ4v) is 3.44. The third-order valence-corrected chi connectivity index (χ3v) is 4.87. The van der Waals surface area contributed by atoms with Crippen molar-refractivity contribution in [3.63, 3.8) is 0 Å². The van der Waals surface area contributed by atoms with Gasteiger partial charge in [-0.1, -0.05) is 11.6 Å². The van der Waals surface area contributed by atoms with Crippen LogP contribution in [0.2, 0.25) is 0 Å². The summed E-state index contributed by atoms with van der Waals surface area (Å²) in [6.45, 7) is 0. The third-order valence-electron chi connectivity index (χ3n) is 3.23. The maximum absolute atomic E-state index is 11.5. The van der Waals surface area contributed by atoms with E-state index in [1.165, 1.54) is 6.26 Å². The molecule has 0 bridgehead atoms. The van der Waals surface area contributed by atoms with Crippen molar-refractivity contribution < 1.29 is 13.2 Å². The van der Waals surface area contributed by atoms with Gasteiger partial charge < -0.3 is 0 Å². The van der Waals surface area contributed by atoms with Crippen LogP contribution in [0.25, 0.3) is 0 Å². The first-order valence-corrected chi connectivity index (χ1v) is 7.52. The zero-order valence-corrected chi connectivity index (χ0v) is 10.4. The summed E-state index contributed by atoms with van der Waals surface area (Å²) in [7, 11) is -3.00. The summed E-state index contributed by atoms with van der Waals surface area (Å²) in [5.74, 6) is 0. The normalized spacial score (nSPS) is 25.7. The van der Waals surface area contributed by atoms with E-state index in [4.69, 9.17) is 0 Å². The van der Waals surface area contributed by atoms with Crippen molar-refractivity contribution in [1.82, 2.24) is 15.0 Å². The van der Waals surface area contributed by atoms with Crippen molar-refractivity contribution in [2.75, 3.05) is 6.26 Å². The Morgan fingerprint density at radius 1 is 1.47 bits per heavy atom. The summed E-state index contributed by atoms with van der Waals surface area (Å²) in [6.07, 6.45) is 6.50. The SMILES string of the molecule is CS(=O)(=O)C1CCCC(n2cc(C=O)nn2)C1. The van der Waals surface area contributed by atoms with Crippen LogP contribution in [-0.4, -0.2) is 41.2 Å². The molecule has 0 radical (unpaired) electrons. The molecule has 0 saturated heterocycles. The van der Waals surface area contributed by atoms with Crippen LogP contribution in [-0.2, 0) is 9.84 Å². The van der Waals surface area contributed by atoms with Crippen LogP contribution in [0.1, 0.15) is 42.2 Å². The van der Waals surface area contributed by atoms with Crippen LogP contribution >= 0.6 is 0 Å². The van der Waals surface area contributed by atoms with Gasteiger partial charge in [-0.25, -0.2) is 13.1 Å². The van der Waals surface area contributed by atoms with Crippen molar-refractivity contribution in [2.24, 2.45) is 0 Å². The number of aromatic nitrogens is 3. The quantitative estimate of drug-likeness (QED) is 0.741. The average molecular weight is 257 g/mol. The molecule has 0 N–H and O–H groups in total. The van der Waals surface area contributed by atoms with Gasteiger partial charge >= 0.3 is 0 Å². The fraction of sp³-hybridized carbons (Fsp3) is 0.700. The highest BCUT2D eigenvalue weighted by atomic mass is 32.2. The van der Waals surface area contributed by atoms with Gasteiger partial charge in [-0.3, -0.25) is 4.79 Å². The molecule has 1 aliphatic rings. The van der Waals surface area contributed by atoms with Crippen molar-refractivity contribution in [2.45, 2.75) is 37.0 Å². The lowest BCUT2D eigenvalue weighted by atomic mass is 9.95. The van der Waals surface area contributed by atoms with Crippen LogP contribution in [0.15, 0.2) is 6.20 Å². The monoisotopic (exact) mass is 257 g/mol.